The second-order valence-electron chi connectivity index (χ2n) is 5.24. The molecule has 0 saturated carbocycles. The third-order valence-electron chi connectivity index (χ3n) is 3.72. The predicted molar refractivity (Wildman–Crippen MR) is 81.3 cm³/mol. The highest BCUT2D eigenvalue weighted by Gasteiger charge is 2.26. The standard InChI is InChI=1S/C17H13FN4O/c18-14-2-3-16(13(7-14)9-20)22-6-5-15(11-22)23-17-4-1-12(8-19)10-21-17/h1-4,7,10,15H,5-6,11H2. The minimum atomic E-state index is -0.418. The highest BCUT2D eigenvalue weighted by atomic mass is 19.1. The first-order valence-corrected chi connectivity index (χ1v) is 7.17. The first-order valence-electron chi connectivity index (χ1n) is 7.17. The summed E-state index contributed by atoms with van der Waals surface area (Å²) in [6, 6.07) is 11.6. The monoisotopic (exact) mass is 308 g/mol. The summed E-state index contributed by atoms with van der Waals surface area (Å²) in [5.41, 5.74) is 1.52. The molecule has 23 heavy (non-hydrogen) atoms. The molecule has 0 N–H and O–H groups in total. The average molecular weight is 308 g/mol. The van der Waals surface area contributed by atoms with E-state index in [4.69, 9.17) is 15.3 Å². The van der Waals surface area contributed by atoms with Crippen LogP contribution in [0.1, 0.15) is 17.5 Å². The molecule has 1 atom stereocenters. The number of hydrogen-bond donors (Lipinski definition) is 0. The van der Waals surface area contributed by atoms with Crippen molar-refractivity contribution in [2.45, 2.75) is 12.5 Å². The van der Waals surface area contributed by atoms with Gasteiger partial charge in [-0.2, -0.15) is 10.5 Å². The molecule has 1 aliphatic heterocycles. The Kier molecular flexibility index (Phi) is 4.07. The van der Waals surface area contributed by atoms with Crippen LogP contribution >= 0.6 is 0 Å². The van der Waals surface area contributed by atoms with E-state index in [1.165, 1.54) is 18.3 Å². The van der Waals surface area contributed by atoms with Crippen LogP contribution in [0.15, 0.2) is 36.5 Å². The summed E-state index contributed by atoms with van der Waals surface area (Å²) in [5, 5.41) is 17.9. The van der Waals surface area contributed by atoms with Gasteiger partial charge in [-0.05, 0) is 24.3 Å². The summed E-state index contributed by atoms with van der Waals surface area (Å²) >= 11 is 0. The maximum atomic E-state index is 13.2. The van der Waals surface area contributed by atoms with Gasteiger partial charge in [0.2, 0.25) is 5.88 Å². The number of hydrogen-bond acceptors (Lipinski definition) is 5. The fourth-order valence-corrected chi connectivity index (χ4v) is 2.60. The Morgan fingerprint density at radius 2 is 2.09 bits per heavy atom. The largest absolute Gasteiger partial charge is 0.472 e. The zero-order valence-corrected chi connectivity index (χ0v) is 12.2. The molecule has 114 valence electrons. The maximum Gasteiger partial charge on any atom is 0.213 e. The van der Waals surface area contributed by atoms with E-state index >= 15 is 0 Å². The van der Waals surface area contributed by atoms with Gasteiger partial charge in [-0.15, -0.1) is 0 Å². The molecule has 1 unspecified atom stereocenters. The van der Waals surface area contributed by atoms with Crippen LogP contribution in [0.5, 0.6) is 5.88 Å². The van der Waals surface area contributed by atoms with Crippen LogP contribution < -0.4 is 9.64 Å². The summed E-state index contributed by atoms with van der Waals surface area (Å²) < 4.78 is 19.0. The molecule has 6 heteroatoms. The summed E-state index contributed by atoms with van der Waals surface area (Å²) in [5.74, 6) is 0.0505. The molecule has 5 nitrogen and oxygen atoms in total. The Labute approximate surface area is 133 Å². The van der Waals surface area contributed by atoms with Gasteiger partial charge in [0.25, 0.3) is 0 Å². The molecule has 0 amide bonds. The molecule has 1 aromatic heterocycles. The van der Waals surface area contributed by atoms with Crippen molar-refractivity contribution in [3.8, 4) is 18.0 Å². The van der Waals surface area contributed by atoms with Crippen LogP contribution in [0, 0.1) is 28.5 Å². The molecule has 0 spiro atoms. The van der Waals surface area contributed by atoms with Crippen LogP contribution in [0.2, 0.25) is 0 Å². The van der Waals surface area contributed by atoms with E-state index in [2.05, 4.69) is 4.98 Å². The minimum absolute atomic E-state index is 0.0629. The Hall–Kier alpha value is -3.12. The molecule has 2 heterocycles. The Morgan fingerprint density at radius 3 is 2.78 bits per heavy atom. The van der Waals surface area contributed by atoms with Crippen molar-refractivity contribution in [3.63, 3.8) is 0 Å². The van der Waals surface area contributed by atoms with Gasteiger partial charge in [-0.25, -0.2) is 9.37 Å². The smallest absolute Gasteiger partial charge is 0.213 e. The minimum Gasteiger partial charge on any atom is -0.472 e. The van der Waals surface area contributed by atoms with E-state index in [-0.39, 0.29) is 6.10 Å². The highest BCUT2D eigenvalue weighted by Crippen LogP contribution is 2.26. The lowest BCUT2D eigenvalue weighted by molar-refractivity contribution is 0.216. The van der Waals surface area contributed by atoms with E-state index in [0.29, 0.717) is 29.2 Å². The van der Waals surface area contributed by atoms with Crippen molar-refractivity contribution in [3.05, 3.63) is 53.5 Å². The van der Waals surface area contributed by atoms with Crippen LogP contribution in [-0.2, 0) is 0 Å². The predicted octanol–water partition coefficient (Wildman–Crippen LogP) is 2.62. The number of anilines is 1. The van der Waals surface area contributed by atoms with Gasteiger partial charge in [0, 0.05) is 25.2 Å². The molecule has 1 aliphatic rings. The number of ether oxygens (including phenoxy) is 1. The number of aromatic nitrogens is 1. The van der Waals surface area contributed by atoms with Crippen molar-refractivity contribution in [2.24, 2.45) is 0 Å². The molecular weight excluding hydrogens is 295 g/mol. The Bertz CT molecular complexity index is 792. The van der Waals surface area contributed by atoms with E-state index in [1.807, 2.05) is 17.0 Å². The lowest BCUT2D eigenvalue weighted by atomic mass is 10.2. The number of benzene rings is 1. The fraction of sp³-hybridized carbons (Fsp3) is 0.235. The third-order valence-corrected chi connectivity index (χ3v) is 3.72. The summed E-state index contributed by atoms with van der Waals surface area (Å²) in [6.07, 6.45) is 2.19. The fourth-order valence-electron chi connectivity index (χ4n) is 2.60. The third kappa shape index (κ3) is 3.22. The first kappa shape index (κ1) is 14.8. The van der Waals surface area contributed by atoms with Gasteiger partial charge in [0.15, 0.2) is 0 Å². The van der Waals surface area contributed by atoms with Crippen molar-refractivity contribution in [2.75, 3.05) is 18.0 Å². The van der Waals surface area contributed by atoms with E-state index in [9.17, 15) is 4.39 Å². The molecule has 1 fully saturated rings. The quantitative estimate of drug-likeness (QED) is 0.871. The van der Waals surface area contributed by atoms with Gasteiger partial charge < -0.3 is 9.64 Å². The SMILES string of the molecule is N#Cc1ccc(OC2CCN(c3ccc(F)cc3C#N)C2)nc1. The molecule has 2 aromatic rings. The zero-order chi connectivity index (χ0) is 16.2. The van der Waals surface area contributed by atoms with Gasteiger partial charge in [0.1, 0.15) is 24.1 Å². The zero-order valence-electron chi connectivity index (χ0n) is 12.2. The van der Waals surface area contributed by atoms with Crippen LogP contribution in [0.4, 0.5) is 10.1 Å². The van der Waals surface area contributed by atoms with Crippen molar-refractivity contribution >= 4 is 5.69 Å². The lowest BCUT2D eigenvalue weighted by Crippen LogP contribution is -2.25. The molecule has 0 radical (unpaired) electrons. The van der Waals surface area contributed by atoms with Gasteiger partial charge in [0.05, 0.1) is 23.4 Å². The number of pyridine rings is 1. The summed E-state index contributed by atoms with van der Waals surface area (Å²) in [4.78, 5) is 6.10. The maximum absolute atomic E-state index is 13.2. The van der Waals surface area contributed by atoms with Crippen LogP contribution in [-0.4, -0.2) is 24.2 Å². The van der Waals surface area contributed by atoms with E-state index in [1.54, 1.807) is 18.2 Å². The van der Waals surface area contributed by atoms with Crippen LogP contribution in [0.3, 0.4) is 0 Å². The number of rotatable bonds is 3. The summed E-state index contributed by atoms with van der Waals surface area (Å²) in [6.45, 7) is 1.32. The molecule has 1 saturated heterocycles. The van der Waals surface area contributed by atoms with Crippen molar-refractivity contribution in [1.82, 2.24) is 4.98 Å². The highest BCUT2D eigenvalue weighted by molar-refractivity contribution is 5.60. The van der Waals surface area contributed by atoms with Gasteiger partial charge in [-0.3, -0.25) is 0 Å². The Morgan fingerprint density at radius 1 is 1.22 bits per heavy atom. The first-order chi connectivity index (χ1) is 11.2. The molecule has 3 rings (SSSR count). The van der Waals surface area contributed by atoms with Gasteiger partial charge in [-0.1, -0.05) is 0 Å². The summed E-state index contributed by atoms with van der Waals surface area (Å²) in [7, 11) is 0. The van der Waals surface area contributed by atoms with Crippen molar-refractivity contribution < 1.29 is 9.13 Å². The number of halogens is 1. The molecule has 0 aliphatic carbocycles. The second-order valence-corrected chi connectivity index (χ2v) is 5.24. The van der Waals surface area contributed by atoms with Crippen LogP contribution in [0.25, 0.3) is 0 Å². The lowest BCUT2D eigenvalue weighted by Gasteiger charge is -2.20. The van der Waals surface area contributed by atoms with Crippen molar-refractivity contribution in [1.29, 1.82) is 10.5 Å². The number of nitriles is 2. The molecular formula is C17H13FN4O. The Balaban J connectivity index is 1.69. The normalized spacial score (nSPS) is 16.7. The molecule has 1 aromatic carbocycles. The number of nitrogens with zero attached hydrogens (tertiary/aromatic N) is 4. The molecule has 0 bridgehead atoms. The van der Waals surface area contributed by atoms with Gasteiger partial charge >= 0.3 is 0 Å². The average Bonchev–Trinajstić information content (AvgIpc) is 3.03. The van der Waals surface area contributed by atoms with E-state index in [0.717, 1.165) is 13.0 Å². The second kappa shape index (κ2) is 6.33. The van der Waals surface area contributed by atoms with E-state index < -0.39 is 5.82 Å². The topological polar surface area (TPSA) is 72.9 Å².